The van der Waals surface area contributed by atoms with Gasteiger partial charge in [0, 0.05) is 17.8 Å². The van der Waals surface area contributed by atoms with Crippen molar-refractivity contribution in [2.45, 2.75) is 39.5 Å². The smallest absolute Gasteiger partial charge is 0.101 e. The second-order valence-electron chi connectivity index (χ2n) is 4.73. The van der Waals surface area contributed by atoms with Crippen LogP contribution in [0.2, 0.25) is 0 Å². The number of rotatable bonds is 6. The molecule has 1 unspecified atom stereocenters. The first kappa shape index (κ1) is 16.5. The molecule has 1 rings (SSSR count). The first-order chi connectivity index (χ1) is 9.64. The standard InChI is InChI=1S/C17H23N2P/c1-4-13-8-7-9-15(10-13)19-17(11-16(20)6-3)14(5-2)12-18/h5-6,9-10,19H,2,4,7-8,11,20H2,1,3H3/b16-6+,17-14-. The average molecular weight is 286 g/mol. The molecule has 0 aliphatic heterocycles. The van der Waals surface area contributed by atoms with Crippen molar-refractivity contribution in [2.75, 3.05) is 0 Å². The highest BCUT2D eigenvalue weighted by Gasteiger charge is 2.09. The van der Waals surface area contributed by atoms with Crippen molar-refractivity contribution >= 4 is 9.24 Å². The fourth-order valence-corrected chi connectivity index (χ4v) is 2.26. The highest BCUT2D eigenvalue weighted by Crippen LogP contribution is 2.23. The Morgan fingerprint density at radius 2 is 2.35 bits per heavy atom. The summed E-state index contributed by atoms with van der Waals surface area (Å²) in [5, 5.41) is 13.8. The third kappa shape index (κ3) is 4.83. The molecule has 2 nitrogen and oxygen atoms in total. The van der Waals surface area contributed by atoms with Gasteiger partial charge in [-0.05, 0) is 38.3 Å². The predicted octanol–water partition coefficient (Wildman–Crippen LogP) is 4.72. The Morgan fingerprint density at radius 1 is 1.60 bits per heavy atom. The summed E-state index contributed by atoms with van der Waals surface area (Å²) >= 11 is 0. The molecule has 1 aliphatic carbocycles. The summed E-state index contributed by atoms with van der Waals surface area (Å²) in [6.45, 7) is 7.90. The molecule has 0 fully saturated rings. The Bertz CT molecular complexity index is 528. The molecular formula is C17H23N2P. The monoisotopic (exact) mass is 286 g/mol. The zero-order valence-corrected chi connectivity index (χ0v) is 13.5. The summed E-state index contributed by atoms with van der Waals surface area (Å²) in [4.78, 5) is 0. The maximum absolute atomic E-state index is 9.23. The van der Waals surface area contributed by atoms with E-state index in [1.54, 1.807) is 6.08 Å². The molecule has 0 aromatic carbocycles. The van der Waals surface area contributed by atoms with Crippen LogP contribution in [0.4, 0.5) is 0 Å². The molecule has 0 saturated carbocycles. The Kier molecular flexibility index (Phi) is 7.05. The average Bonchev–Trinajstić information content (AvgIpc) is 2.48. The van der Waals surface area contributed by atoms with E-state index >= 15 is 0 Å². The van der Waals surface area contributed by atoms with Crippen molar-refractivity contribution < 1.29 is 0 Å². The van der Waals surface area contributed by atoms with E-state index in [9.17, 15) is 5.26 Å². The zero-order valence-electron chi connectivity index (χ0n) is 12.4. The Hall–Kier alpha value is -1.58. The molecule has 0 radical (unpaired) electrons. The number of allylic oxidation sites excluding steroid dienone is 7. The van der Waals surface area contributed by atoms with Crippen molar-refractivity contribution in [3.05, 3.63) is 58.7 Å². The molecule has 0 aromatic rings. The van der Waals surface area contributed by atoms with Crippen LogP contribution in [-0.4, -0.2) is 0 Å². The van der Waals surface area contributed by atoms with E-state index in [2.05, 4.69) is 46.3 Å². The normalized spacial score (nSPS) is 16.6. The van der Waals surface area contributed by atoms with Crippen LogP contribution in [0.5, 0.6) is 0 Å². The molecule has 0 saturated heterocycles. The van der Waals surface area contributed by atoms with Crippen molar-refractivity contribution in [3.8, 4) is 6.07 Å². The van der Waals surface area contributed by atoms with Crippen LogP contribution < -0.4 is 5.32 Å². The van der Waals surface area contributed by atoms with Gasteiger partial charge in [-0.15, -0.1) is 9.24 Å². The molecule has 0 amide bonds. The van der Waals surface area contributed by atoms with Gasteiger partial charge in [0.05, 0.1) is 5.57 Å². The van der Waals surface area contributed by atoms with E-state index in [1.165, 1.54) is 5.57 Å². The molecular weight excluding hydrogens is 263 g/mol. The fraction of sp³-hybridized carbons (Fsp3) is 0.353. The minimum atomic E-state index is 0.602. The summed E-state index contributed by atoms with van der Waals surface area (Å²) < 4.78 is 0. The van der Waals surface area contributed by atoms with E-state index in [0.717, 1.165) is 36.0 Å². The highest BCUT2D eigenvalue weighted by molar-refractivity contribution is 7.22. The number of nitrogens with one attached hydrogen (secondary N) is 1. The van der Waals surface area contributed by atoms with Gasteiger partial charge < -0.3 is 5.32 Å². The highest BCUT2D eigenvalue weighted by atomic mass is 31.0. The minimum absolute atomic E-state index is 0.602. The molecule has 0 aromatic heterocycles. The molecule has 0 bridgehead atoms. The van der Waals surface area contributed by atoms with E-state index in [4.69, 9.17) is 0 Å². The van der Waals surface area contributed by atoms with Gasteiger partial charge in [0.15, 0.2) is 0 Å². The van der Waals surface area contributed by atoms with Gasteiger partial charge in [-0.25, -0.2) is 0 Å². The van der Waals surface area contributed by atoms with Gasteiger partial charge in [0.1, 0.15) is 6.07 Å². The van der Waals surface area contributed by atoms with Crippen molar-refractivity contribution in [3.63, 3.8) is 0 Å². The number of nitrogens with zero attached hydrogens (tertiary/aromatic N) is 1. The zero-order chi connectivity index (χ0) is 15.0. The molecule has 0 spiro atoms. The van der Waals surface area contributed by atoms with Crippen LogP contribution in [0, 0.1) is 11.3 Å². The van der Waals surface area contributed by atoms with Crippen LogP contribution in [0.25, 0.3) is 0 Å². The lowest BCUT2D eigenvalue weighted by Gasteiger charge is -2.18. The number of hydrogen-bond acceptors (Lipinski definition) is 2. The Morgan fingerprint density at radius 3 is 2.90 bits per heavy atom. The van der Waals surface area contributed by atoms with Crippen molar-refractivity contribution in [1.82, 2.24) is 5.32 Å². The van der Waals surface area contributed by atoms with Gasteiger partial charge >= 0.3 is 0 Å². The largest absolute Gasteiger partial charge is 0.358 e. The van der Waals surface area contributed by atoms with Gasteiger partial charge in [0.25, 0.3) is 0 Å². The second-order valence-corrected chi connectivity index (χ2v) is 5.47. The predicted molar refractivity (Wildman–Crippen MR) is 89.7 cm³/mol. The van der Waals surface area contributed by atoms with Crippen molar-refractivity contribution in [1.29, 1.82) is 5.26 Å². The molecule has 1 N–H and O–H groups in total. The molecule has 20 heavy (non-hydrogen) atoms. The molecule has 0 heterocycles. The maximum Gasteiger partial charge on any atom is 0.101 e. The van der Waals surface area contributed by atoms with Crippen LogP contribution in [-0.2, 0) is 0 Å². The van der Waals surface area contributed by atoms with E-state index in [-0.39, 0.29) is 0 Å². The lowest BCUT2D eigenvalue weighted by molar-refractivity contribution is 0.841. The lowest BCUT2D eigenvalue weighted by atomic mass is 10.0. The SMILES string of the molecule is C=C/C(C#N)=C(\C/C(P)=C\C)NC1=CCCC(CC)=C1. The molecule has 1 aliphatic rings. The number of hydrogen-bond donors (Lipinski definition) is 1. The van der Waals surface area contributed by atoms with E-state index in [1.807, 2.05) is 13.0 Å². The van der Waals surface area contributed by atoms with Crippen LogP contribution in [0.1, 0.15) is 39.5 Å². The van der Waals surface area contributed by atoms with Gasteiger partial charge in [-0.1, -0.05) is 36.5 Å². The topological polar surface area (TPSA) is 35.8 Å². The van der Waals surface area contributed by atoms with Crippen LogP contribution in [0.15, 0.2) is 58.7 Å². The Balaban J connectivity index is 3.00. The second kappa shape index (κ2) is 8.56. The first-order valence-corrected chi connectivity index (χ1v) is 7.55. The van der Waals surface area contributed by atoms with Crippen LogP contribution in [0.3, 0.4) is 0 Å². The molecule has 3 heteroatoms. The maximum atomic E-state index is 9.23. The minimum Gasteiger partial charge on any atom is -0.358 e. The van der Waals surface area contributed by atoms with Gasteiger partial charge in [-0.3, -0.25) is 0 Å². The van der Waals surface area contributed by atoms with Gasteiger partial charge in [-0.2, -0.15) is 5.26 Å². The summed E-state index contributed by atoms with van der Waals surface area (Å²) in [6, 6.07) is 2.21. The van der Waals surface area contributed by atoms with Crippen LogP contribution >= 0.6 is 9.24 Å². The third-order valence-corrected chi connectivity index (χ3v) is 3.88. The van der Waals surface area contributed by atoms with Crippen molar-refractivity contribution in [2.24, 2.45) is 0 Å². The van der Waals surface area contributed by atoms with Gasteiger partial charge in [0.2, 0.25) is 0 Å². The van der Waals surface area contributed by atoms with E-state index < -0.39 is 0 Å². The Labute approximate surface area is 124 Å². The fourth-order valence-electron chi connectivity index (χ4n) is 2.05. The molecule has 1 atom stereocenters. The summed E-state index contributed by atoms with van der Waals surface area (Å²) in [7, 11) is 2.71. The summed E-state index contributed by atoms with van der Waals surface area (Å²) in [6.07, 6.45) is 12.0. The summed E-state index contributed by atoms with van der Waals surface area (Å²) in [5.41, 5.74) is 4.05. The molecule has 106 valence electrons. The first-order valence-electron chi connectivity index (χ1n) is 6.97. The third-order valence-electron chi connectivity index (χ3n) is 3.34. The van der Waals surface area contributed by atoms with E-state index in [0.29, 0.717) is 12.0 Å². The number of nitriles is 1. The summed E-state index contributed by atoms with van der Waals surface area (Å²) in [5.74, 6) is 0. The lowest BCUT2D eigenvalue weighted by Crippen LogP contribution is -2.15. The quantitative estimate of drug-likeness (QED) is 0.435.